The quantitative estimate of drug-likeness (QED) is 0.482. The molecule has 2 heterocycles. The number of piperazine rings is 1. The van der Waals surface area contributed by atoms with Gasteiger partial charge in [0, 0.05) is 61.1 Å². The van der Waals surface area contributed by atoms with Crippen molar-refractivity contribution in [2.75, 3.05) is 49.5 Å². The molecule has 1 aliphatic rings. The molecule has 3 aromatic rings. The van der Waals surface area contributed by atoms with Crippen LogP contribution in [-0.4, -0.2) is 55.1 Å². The molecule has 4 rings (SSSR count). The van der Waals surface area contributed by atoms with Gasteiger partial charge in [-0.05, 0) is 68.4 Å². The van der Waals surface area contributed by atoms with Crippen LogP contribution in [0, 0.1) is 6.92 Å². The third-order valence-corrected chi connectivity index (χ3v) is 6.27. The maximum atomic E-state index is 13.0. The molecule has 7 heteroatoms. The number of anilines is 2. The van der Waals surface area contributed by atoms with Crippen LogP contribution >= 0.6 is 0 Å². The molecule has 7 nitrogen and oxygen atoms in total. The van der Waals surface area contributed by atoms with E-state index in [9.17, 15) is 4.79 Å². The Hall–Kier alpha value is -3.58. The summed E-state index contributed by atoms with van der Waals surface area (Å²) in [6.45, 7) is 12.3. The average molecular weight is 475 g/mol. The Morgan fingerprint density at radius 1 is 1.00 bits per heavy atom. The zero-order valence-electron chi connectivity index (χ0n) is 20.8. The molecule has 0 atom stereocenters. The van der Waals surface area contributed by atoms with E-state index in [0.717, 1.165) is 49.5 Å². The number of benzene rings is 2. The lowest BCUT2D eigenvalue weighted by atomic mass is 10.1. The molecule has 0 unspecified atom stereocenters. The number of nitrogens with zero attached hydrogens (tertiary/aromatic N) is 3. The van der Waals surface area contributed by atoms with E-state index in [2.05, 4.69) is 39.2 Å². The Morgan fingerprint density at radius 3 is 2.51 bits per heavy atom. The predicted octanol–water partition coefficient (Wildman–Crippen LogP) is 4.76. The molecule has 1 amide bonds. The van der Waals surface area contributed by atoms with E-state index in [0.29, 0.717) is 30.3 Å². The lowest BCUT2D eigenvalue weighted by Crippen LogP contribution is -2.46. The van der Waals surface area contributed by atoms with Gasteiger partial charge in [-0.3, -0.25) is 9.78 Å². The Labute approximate surface area is 207 Å². The van der Waals surface area contributed by atoms with Crippen LogP contribution in [0.4, 0.5) is 11.4 Å². The molecule has 1 aliphatic heterocycles. The normalized spacial score (nSPS) is 14.0. The summed E-state index contributed by atoms with van der Waals surface area (Å²) in [6.07, 6.45) is 3.49. The summed E-state index contributed by atoms with van der Waals surface area (Å²) < 4.78 is 11.7. The van der Waals surface area contributed by atoms with Crippen molar-refractivity contribution in [3.05, 3.63) is 77.6 Å². The number of amides is 1. The van der Waals surface area contributed by atoms with E-state index in [-0.39, 0.29) is 5.91 Å². The lowest BCUT2D eigenvalue weighted by molar-refractivity contribution is 0.102. The third-order valence-electron chi connectivity index (χ3n) is 6.27. The monoisotopic (exact) mass is 474 g/mol. The number of pyridine rings is 1. The van der Waals surface area contributed by atoms with E-state index in [1.165, 1.54) is 5.69 Å². The second-order valence-electron chi connectivity index (χ2n) is 8.62. The summed E-state index contributed by atoms with van der Waals surface area (Å²) in [7, 11) is 0. The maximum absolute atomic E-state index is 13.0. The van der Waals surface area contributed by atoms with Crippen molar-refractivity contribution in [3.8, 4) is 11.5 Å². The minimum Gasteiger partial charge on any atom is -0.490 e. The number of aromatic nitrogens is 1. The van der Waals surface area contributed by atoms with Crippen LogP contribution in [0.5, 0.6) is 11.5 Å². The number of hydrogen-bond acceptors (Lipinski definition) is 6. The van der Waals surface area contributed by atoms with Crippen molar-refractivity contribution in [2.45, 2.75) is 27.4 Å². The summed E-state index contributed by atoms with van der Waals surface area (Å²) in [5, 5.41) is 3.05. The molecule has 0 radical (unpaired) electrons. The van der Waals surface area contributed by atoms with Crippen molar-refractivity contribution in [1.29, 1.82) is 0 Å². The number of nitrogens with one attached hydrogen (secondary N) is 1. The fourth-order valence-electron chi connectivity index (χ4n) is 4.18. The SMILES string of the molecule is CCOc1cc(C(=O)Nc2ccc(N3CCN(CC)CC3)cc2C)ccc1OCc1cccnc1. The highest BCUT2D eigenvalue weighted by atomic mass is 16.5. The molecule has 1 N–H and O–H groups in total. The Morgan fingerprint density at radius 2 is 1.83 bits per heavy atom. The molecular formula is C28H34N4O3. The van der Waals surface area contributed by atoms with Gasteiger partial charge < -0.3 is 24.6 Å². The number of carbonyl (C=O) groups is 1. The van der Waals surface area contributed by atoms with Crippen LogP contribution in [0.1, 0.15) is 35.3 Å². The first-order chi connectivity index (χ1) is 17.1. The van der Waals surface area contributed by atoms with E-state index in [1.54, 1.807) is 30.6 Å². The van der Waals surface area contributed by atoms with Crippen LogP contribution in [-0.2, 0) is 6.61 Å². The molecule has 1 saturated heterocycles. The molecule has 0 aliphatic carbocycles. The topological polar surface area (TPSA) is 66.9 Å². The van der Waals surface area contributed by atoms with Crippen LogP contribution < -0.4 is 19.7 Å². The number of carbonyl (C=O) groups excluding carboxylic acids is 1. The summed E-state index contributed by atoms with van der Waals surface area (Å²) in [5.74, 6) is 0.954. The maximum Gasteiger partial charge on any atom is 0.255 e. The molecule has 184 valence electrons. The predicted molar refractivity (Wildman–Crippen MR) is 140 cm³/mol. The Balaban J connectivity index is 1.42. The van der Waals surface area contributed by atoms with E-state index in [4.69, 9.17) is 9.47 Å². The summed E-state index contributed by atoms with van der Waals surface area (Å²) >= 11 is 0. The number of rotatable bonds is 9. The zero-order valence-corrected chi connectivity index (χ0v) is 20.8. The van der Waals surface area contributed by atoms with Crippen LogP contribution in [0.25, 0.3) is 0 Å². The van der Waals surface area contributed by atoms with E-state index < -0.39 is 0 Å². The molecule has 0 saturated carbocycles. The van der Waals surface area contributed by atoms with Crippen molar-refractivity contribution < 1.29 is 14.3 Å². The summed E-state index contributed by atoms with van der Waals surface area (Å²) in [4.78, 5) is 22.0. The van der Waals surface area contributed by atoms with Gasteiger partial charge in [0.1, 0.15) is 6.61 Å². The summed E-state index contributed by atoms with van der Waals surface area (Å²) in [6, 6.07) is 15.3. The second kappa shape index (κ2) is 11.7. The molecule has 0 bridgehead atoms. The van der Waals surface area contributed by atoms with Crippen LogP contribution in [0.15, 0.2) is 60.9 Å². The van der Waals surface area contributed by atoms with E-state index >= 15 is 0 Å². The van der Waals surface area contributed by atoms with Gasteiger partial charge in [-0.15, -0.1) is 0 Å². The van der Waals surface area contributed by atoms with Gasteiger partial charge in [0.2, 0.25) is 0 Å². The minimum atomic E-state index is -0.183. The van der Waals surface area contributed by atoms with Gasteiger partial charge in [-0.2, -0.15) is 0 Å². The van der Waals surface area contributed by atoms with Gasteiger partial charge >= 0.3 is 0 Å². The van der Waals surface area contributed by atoms with Gasteiger partial charge in [0.05, 0.1) is 6.61 Å². The standard InChI is InChI=1S/C28H34N4O3/c1-4-31-13-15-32(16-14-31)24-9-10-25(21(3)17-24)30-28(33)23-8-11-26(27(18-23)34-5-2)35-20-22-7-6-12-29-19-22/h6-12,17-19H,4-5,13-16,20H2,1-3H3,(H,30,33). The first-order valence-electron chi connectivity index (χ1n) is 12.2. The fourth-order valence-corrected chi connectivity index (χ4v) is 4.18. The third kappa shape index (κ3) is 6.31. The fraction of sp³-hybridized carbons (Fsp3) is 0.357. The highest BCUT2D eigenvalue weighted by Crippen LogP contribution is 2.30. The van der Waals surface area contributed by atoms with Crippen molar-refractivity contribution in [3.63, 3.8) is 0 Å². The summed E-state index contributed by atoms with van der Waals surface area (Å²) in [5.41, 5.74) is 4.52. The zero-order chi connectivity index (χ0) is 24.6. The number of ether oxygens (including phenoxy) is 2. The molecule has 35 heavy (non-hydrogen) atoms. The Bertz CT molecular complexity index is 1130. The van der Waals surface area contributed by atoms with E-state index in [1.807, 2.05) is 32.0 Å². The molecule has 2 aromatic carbocycles. The first-order valence-corrected chi connectivity index (χ1v) is 12.2. The number of likely N-dealkylation sites (N-methyl/N-ethyl adjacent to an activating group) is 1. The van der Waals surface area contributed by atoms with Gasteiger partial charge in [0.15, 0.2) is 11.5 Å². The van der Waals surface area contributed by atoms with Crippen LogP contribution in [0.3, 0.4) is 0 Å². The average Bonchev–Trinajstić information content (AvgIpc) is 2.90. The van der Waals surface area contributed by atoms with Crippen molar-refractivity contribution in [1.82, 2.24) is 9.88 Å². The van der Waals surface area contributed by atoms with Gasteiger partial charge in [-0.1, -0.05) is 13.0 Å². The minimum absolute atomic E-state index is 0.183. The number of aryl methyl sites for hydroxylation is 1. The molecular weight excluding hydrogens is 440 g/mol. The van der Waals surface area contributed by atoms with Crippen molar-refractivity contribution in [2.24, 2.45) is 0 Å². The molecule has 1 aromatic heterocycles. The smallest absolute Gasteiger partial charge is 0.255 e. The number of hydrogen-bond donors (Lipinski definition) is 1. The highest BCUT2D eigenvalue weighted by molar-refractivity contribution is 6.05. The van der Waals surface area contributed by atoms with Gasteiger partial charge in [0.25, 0.3) is 5.91 Å². The Kier molecular flexibility index (Phi) is 8.21. The second-order valence-corrected chi connectivity index (χ2v) is 8.62. The van der Waals surface area contributed by atoms with Crippen LogP contribution in [0.2, 0.25) is 0 Å². The lowest BCUT2D eigenvalue weighted by Gasteiger charge is -2.35. The van der Waals surface area contributed by atoms with Crippen molar-refractivity contribution >= 4 is 17.3 Å². The highest BCUT2D eigenvalue weighted by Gasteiger charge is 2.17. The van der Waals surface area contributed by atoms with Gasteiger partial charge in [-0.25, -0.2) is 0 Å². The largest absolute Gasteiger partial charge is 0.490 e. The molecule has 1 fully saturated rings. The molecule has 0 spiro atoms. The first kappa shape index (κ1) is 24.5.